The van der Waals surface area contributed by atoms with E-state index < -0.39 is 9.84 Å². The van der Waals surface area contributed by atoms with Crippen LogP contribution in [0.25, 0.3) is 11.5 Å². The minimum atomic E-state index is -3.11. The molecule has 2 aromatic carbocycles. The molecule has 1 aliphatic rings. The molecule has 1 aliphatic heterocycles. The van der Waals surface area contributed by atoms with Crippen molar-refractivity contribution in [1.29, 1.82) is 0 Å². The average Bonchev–Trinajstić information content (AvgIpc) is 3.37. The molecule has 31 heavy (non-hydrogen) atoms. The molecule has 2 heterocycles. The summed E-state index contributed by atoms with van der Waals surface area (Å²) < 4.78 is 29.7. The number of benzene rings is 2. The van der Waals surface area contributed by atoms with E-state index in [0.717, 1.165) is 28.5 Å². The van der Waals surface area contributed by atoms with E-state index in [1.807, 2.05) is 61.5 Å². The molecule has 9 heteroatoms. The Morgan fingerprint density at radius 3 is 2.68 bits per heavy atom. The summed E-state index contributed by atoms with van der Waals surface area (Å²) in [6, 6.07) is 17.0. The van der Waals surface area contributed by atoms with Crippen LogP contribution >= 0.6 is 11.8 Å². The number of thioether (sulfide) groups is 1. The van der Waals surface area contributed by atoms with E-state index in [0.29, 0.717) is 24.1 Å². The third-order valence-corrected chi connectivity index (χ3v) is 7.71. The van der Waals surface area contributed by atoms with Gasteiger partial charge in [-0.3, -0.25) is 4.79 Å². The van der Waals surface area contributed by atoms with Crippen molar-refractivity contribution in [3.8, 4) is 11.5 Å². The quantitative estimate of drug-likeness (QED) is 0.502. The molecule has 0 aliphatic carbocycles. The van der Waals surface area contributed by atoms with E-state index in [2.05, 4.69) is 10.2 Å². The van der Waals surface area contributed by atoms with Gasteiger partial charge in [-0.05, 0) is 31.0 Å². The van der Waals surface area contributed by atoms with Gasteiger partial charge in [0.2, 0.25) is 11.8 Å². The Labute approximate surface area is 185 Å². The van der Waals surface area contributed by atoms with Crippen molar-refractivity contribution >= 4 is 27.5 Å². The van der Waals surface area contributed by atoms with Crippen molar-refractivity contribution in [3.63, 3.8) is 0 Å². The third-order valence-electron chi connectivity index (χ3n) is 5.16. The molecule has 4 rings (SSSR count). The zero-order valence-electron chi connectivity index (χ0n) is 17.1. The van der Waals surface area contributed by atoms with Gasteiger partial charge in [0, 0.05) is 18.2 Å². The molecule has 162 valence electrons. The van der Waals surface area contributed by atoms with E-state index in [1.54, 1.807) is 4.90 Å². The lowest BCUT2D eigenvalue weighted by atomic mass is 10.1. The monoisotopic (exact) mass is 457 g/mol. The number of hydrogen-bond acceptors (Lipinski definition) is 7. The summed E-state index contributed by atoms with van der Waals surface area (Å²) >= 11 is 1.16. The molecule has 3 aromatic rings. The number of aryl methyl sites for hydroxylation is 1. The van der Waals surface area contributed by atoms with Crippen molar-refractivity contribution in [2.24, 2.45) is 0 Å². The van der Waals surface area contributed by atoms with E-state index >= 15 is 0 Å². The summed E-state index contributed by atoms with van der Waals surface area (Å²) in [5, 5.41) is 8.42. The van der Waals surface area contributed by atoms with Gasteiger partial charge in [0.05, 0.1) is 17.3 Å². The third kappa shape index (κ3) is 5.54. The minimum absolute atomic E-state index is 0.00824. The Morgan fingerprint density at radius 2 is 1.97 bits per heavy atom. The number of carbonyl (C=O) groups is 1. The zero-order valence-corrected chi connectivity index (χ0v) is 18.7. The predicted molar refractivity (Wildman–Crippen MR) is 119 cm³/mol. The van der Waals surface area contributed by atoms with Gasteiger partial charge in [0.25, 0.3) is 5.22 Å². The fraction of sp³-hybridized carbons (Fsp3) is 0.318. The SMILES string of the molecule is Cc1cccc(-c2nnc(SCC(=O)N(Cc3ccccc3)C3CCS(=O)(=O)C3)o2)c1. The predicted octanol–water partition coefficient (Wildman–Crippen LogP) is 3.35. The summed E-state index contributed by atoms with van der Waals surface area (Å²) in [7, 11) is -3.11. The molecule has 0 N–H and O–H groups in total. The summed E-state index contributed by atoms with van der Waals surface area (Å²) in [6.45, 7) is 2.36. The van der Waals surface area contributed by atoms with Crippen LogP contribution in [0.3, 0.4) is 0 Å². The van der Waals surface area contributed by atoms with E-state index in [4.69, 9.17) is 4.42 Å². The van der Waals surface area contributed by atoms with Crippen LogP contribution in [0.2, 0.25) is 0 Å². The van der Waals surface area contributed by atoms with Crippen molar-refractivity contribution in [3.05, 3.63) is 65.7 Å². The fourth-order valence-corrected chi connectivity index (χ4v) is 5.97. The molecule has 1 amide bonds. The second-order valence-corrected chi connectivity index (χ2v) is 10.8. The molecule has 1 unspecified atom stereocenters. The van der Waals surface area contributed by atoms with Crippen LogP contribution in [0.5, 0.6) is 0 Å². The van der Waals surface area contributed by atoms with Gasteiger partial charge in [-0.2, -0.15) is 0 Å². The largest absolute Gasteiger partial charge is 0.411 e. The van der Waals surface area contributed by atoms with Gasteiger partial charge in [-0.15, -0.1) is 10.2 Å². The highest BCUT2D eigenvalue weighted by Gasteiger charge is 2.34. The molecule has 1 fully saturated rings. The molecular weight excluding hydrogens is 434 g/mol. The normalized spacial score (nSPS) is 17.5. The lowest BCUT2D eigenvalue weighted by molar-refractivity contribution is -0.130. The van der Waals surface area contributed by atoms with E-state index in [9.17, 15) is 13.2 Å². The fourth-order valence-electron chi connectivity index (χ4n) is 3.59. The van der Waals surface area contributed by atoms with Gasteiger partial charge in [-0.1, -0.05) is 59.8 Å². The van der Waals surface area contributed by atoms with Gasteiger partial charge in [0.1, 0.15) is 0 Å². The standard InChI is InChI=1S/C22H23N3O4S2/c1-16-6-5-9-18(12-16)21-23-24-22(29-21)30-14-20(26)25(13-17-7-3-2-4-8-17)19-10-11-31(27,28)15-19/h2-9,12,19H,10-11,13-15H2,1H3. The van der Waals surface area contributed by atoms with Gasteiger partial charge in [0.15, 0.2) is 9.84 Å². The van der Waals surface area contributed by atoms with Crippen LogP contribution in [0.1, 0.15) is 17.5 Å². The number of sulfone groups is 1. The summed E-state index contributed by atoms with van der Waals surface area (Å²) in [5.74, 6) is 0.480. The molecule has 1 atom stereocenters. The van der Waals surface area contributed by atoms with Crippen molar-refractivity contribution < 1.29 is 17.6 Å². The lowest BCUT2D eigenvalue weighted by Crippen LogP contribution is -2.41. The highest BCUT2D eigenvalue weighted by Crippen LogP contribution is 2.26. The van der Waals surface area contributed by atoms with Gasteiger partial charge >= 0.3 is 0 Å². The van der Waals surface area contributed by atoms with Gasteiger partial charge < -0.3 is 9.32 Å². The second-order valence-electron chi connectivity index (χ2n) is 7.60. The maximum atomic E-state index is 13.1. The van der Waals surface area contributed by atoms with E-state index in [1.165, 1.54) is 0 Å². The number of nitrogens with zero attached hydrogens (tertiary/aromatic N) is 3. The van der Waals surface area contributed by atoms with Crippen LogP contribution in [-0.4, -0.2) is 52.7 Å². The summed E-state index contributed by atoms with van der Waals surface area (Å²) in [6.07, 6.45) is 0.462. The Hall–Kier alpha value is -2.65. The molecule has 1 saturated heterocycles. The van der Waals surface area contributed by atoms with Crippen LogP contribution in [0.4, 0.5) is 0 Å². The highest BCUT2D eigenvalue weighted by atomic mass is 32.2. The zero-order chi connectivity index (χ0) is 21.8. The van der Waals surface area contributed by atoms with Crippen molar-refractivity contribution in [1.82, 2.24) is 15.1 Å². The molecule has 0 radical (unpaired) electrons. The first-order valence-electron chi connectivity index (χ1n) is 9.97. The number of carbonyl (C=O) groups excluding carboxylic acids is 1. The molecule has 0 spiro atoms. The van der Waals surface area contributed by atoms with E-state index in [-0.39, 0.29) is 29.2 Å². The number of amides is 1. The first-order valence-corrected chi connectivity index (χ1v) is 12.8. The average molecular weight is 458 g/mol. The minimum Gasteiger partial charge on any atom is -0.411 e. The number of aromatic nitrogens is 2. The maximum Gasteiger partial charge on any atom is 0.277 e. The molecule has 0 saturated carbocycles. The van der Waals surface area contributed by atoms with Crippen LogP contribution in [0, 0.1) is 6.92 Å². The smallest absolute Gasteiger partial charge is 0.277 e. The van der Waals surface area contributed by atoms with Crippen molar-refractivity contribution in [2.45, 2.75) is 31.2 Å². The molecular formula is C22H23N3O4S2. The highest BCUT2D eigenvalue weighted by molar-refractivity contribution is 7.99. The van der Waals surface area contributed by atoms with Crippen molar-refractivity contribution in [2.75, 3.05) is 17.3 Å². The first-order chi connectivity index (χ1) is 14.9. The van der Waals surface area contributed by atoms with Crippen LogP contribution < -0.4 is 0 Å². The Kier molecular flexibility index (Phi) is 6.43. The van der Waals surface area contributed by atoms with Crippen LogP contribution in [0.15, 0.2) is 64.2 Å². The lowest BCUT2D eigenvalue weighted by Gasteiger charge is -2.28. The number of hydrogen-bond donors (Lipinski definition) is 0. The Balaban J connectivity index is 1.45. The number of rotatable bonds is 7. The molecule has 7 nitrogen and oxygen atoms in total. The maximum absolute atomic E-state index is 13.1. The summed E-state index contributed by atoms with van der Waals surface area (Å²) in [4.78, 5) is 14.7. The Morgan fingerprint density at radius 1 is 1.16 bits per heavy atom. The first kappa shape index (κ1) is 21.6. The molecule has 0 bridgehead atoms. The second kappa shape index (κ2) is 9.23. The Bertz CT molecular complexity index is 1160. The topological polar surface area (TPSA) is 93.4 Å². The summed E-state index contributed by atoms with van der Waals surface area (Å²) in [5.41, 5.74) is 2.88. The molecule has 1 aromatic heterocycles. The van der Waals surface area contributed by atoms with Gasteiger partial charge in [-0.25, -0.2) is 8.42 Å². The van der Waals surface area contributed by atoms with Crippen LogP contribution in [-0.2, 0) is 21.2 Å².